The smallest absolute Gasteiger partial charge is 0.512 e. The molecule has 8 rings (SSSR count). The molecule has 0 spiro atoms. The van der Waals surface area contributed by atoms with Gasteiger partial charge in [-0.25, -0.2) is 0 Å². The van der Waals surface area contributed by atoms with Crippen molar-refractivity contribution in [3.8, 4) is 34.2 Å². The molecule has 7 nitrogen and oxygen atoms in total. The first-order valence-corrected chi connectivity index (χ1v) is 14.1. The SMILES string of the molecule is Cn1c(-c2[c-]c(-c3nc4ccccc4n3C)ccc2)nc2ccccc21.Cn1c(-c2[c-]cccc2)nc2ccccc21.[C-]#N.[Ir+3]. The van der Waals surface area contributed by atoms with E-state index < -0.39 is 0 Å². The number of rotatable bonds is 3. The van der Waals surface area contributed by atoms with Gasteiger partial charge in [0.2, 0.25) is 0 Å². The summed E-state index contributed by atoms with van der Waals surface area (Å²) in [6.45, 7) is 4.75. The monoisotopic (exact) mass is 763 g/mol. The minimum atomic E-state index is 0. The molecule has 0 fully saturated rings. The first kappa shape index (κ1) is 31.1. The van der Waals surface area contributed by atoms with Gasteiger partial charge in [0.25, 0.3) is 0 Å². The Morgan fingerprint density at radius 1 is 0.489 bits per heavy atom. The molecule has 0 N–H and O–H groups in total. The van der Waals surface area contributed by atoms with Crippen molar-refractivity contribution in [3.63, 3.8) is 0 Å². The molecule has 5 aromatic carbocycles. The first-order chi connectivity index (χ1) is 21.6. The molecule has 220 valence electrons. The second-order valence-corrected chi connectivity index (χ2v) is 10.2. The van der Waals surface area contributed by atoms with Crippen molar-refractivity contribution in [2.45, 2.75) is 0 Å². The van der Waals surface area contributed by atoms with Crippen LogP contribution in [-0.4, -0.2) is 28.7 Å². The molecule has 0 aliphatic carbocycles. The molecule has 0 radical (unpaired) electrons. The largest absolute Gasteiger partial charge is 3.00 e. The summed E-state index contributed by atoms with van der Waals surface area (Å²) in [6, 6.07) is 45.2. The Bertz CT molecular complexity index is 2140. The summed E-state index contributed by atoms with van der Waals surface area (Å²) in [7, 11) is 6.12. The molecule has 45 heavy (non-hydrogen) atoms. The molecule has 0 bridgehead atoms. The second kappa shape index (κ2) is 13.5. The van der Waals surface area contributed by atoms with Crippen molar-refractivity contribution in [1.29, 1.82) is 5.26 Å². The molecule has 3 heterocycles. The van der Waals surface area contributed by atoms with Crippen LogP contribution in [0.15, 0.2) is 115 Å². The van der Waals surface area contributed by atoms with Gasteiger partial charge in [-0.2, -0.15) is 0 Å². The maximum absolute atomic E-state index is 6.25. The molecule has 0 aliphatic rings. The van der Waals surface area contributed by atoms with E-state index in [0.29, 0.717) is 0 Å². The average Bonchev–Trinajstić information content (AvgIpc) is 3.74. The van der Waals surface area contributed by atoms with Crippen LogP contribution in [-0.2, 0) is 41.2 Å². The summed E-state index contributed by atoms with van der Waals surface area (Å²) < 4.78 is 6.32. The van der Waals surface area contributed by atoms with E-state index in [1.807, 2.05) is 118 Å². The van der Waals surface area contributed by atoms with Gasteiger partial charge < -0.3 is 25.5 Å². The fourth-order valence-electron chi connectivity index (χ4n) is 5.42. The van der Waals surface area contributed by atoms with Crippen LogP contribution in [0.2, 0.25) is 0 Å². The van der Waals surface area contributed by atoms with Crippen molar-refractivity contribution in [2.75, 3.05) is 0 Å². The summed E-state index contributed by atoms with van der Waals surface area (Å²) in [6.07, 6.45) is 0. The third-order valence-electron chi connectivity index (χ3n) is 7.59. The zero-order chi connectivity index (χ0) is 30.6. The van der Waals surface area contributed by atoms with Crippen LogP contribution >= 0.6 is 0 Å². The number of imidazole rings is 3. The fourth-order valence-corrected chi connectivity index (χ4v) is 5.42. The third-order valence-corrected chi connectivity index (χ3v) is 7.59. The van der Waals surface area contributed by atoms with Gasteiger partial charge in [0.15, 0.2) is 0 Å². The number of hydrogen-bond acceptors (Lipinski definition) is 4. The maximum Gasteiger partial charge on any atom is 3.00 e. The molecule has 0 saturated heterocycles. The van der Waals surface area contributed by atoms with Crippen LogP contribution in [0.25, 0.3) is 67.3 Å². The summed E-state index contributed by atoms with van der Waals surface area (Å²) in [5, 5.41) is 6.25. The Kier molecular flexibility index (Phi) is 9.34. The number of fused-ring (bicyclic) bond motifs is 3. The van der Waals surface area contributed by atoms with Gasteiger partial charge in [-0.15, -0.1) is 60.2 Å². The molecule has 0 amide bonds. The van der Waals surface area contributed by atoms with E-state index in [1.165, 1.54) is 0 Å². The third kappa shape index (κ3) is 5.92. The van der Waals surface area contributed by atoms with Gasteiger partial charge >= 0.3 is 20.1 Å². The van der Waals surface area contributed by atoms with Gasteiger partial charge in [0.1, 0.15) is 0 Å². The van der Waals surface area contributed by atoms with Crippen LogP contribution in [0.5, 0.6) is 0 Å². The standard InChI is InChI=1S/C22H17N4.C14H11N2.CN.Ir/c1-25-19-12-5-3-10-17(19)23-21(25)15-8-7-9-16(14-15)22-24-18-11-4-6-13-20(18)26(22)2;1-16-13-10-6-5-9-12(13)15-14(16)11-7-3-2-4-8-11;1-2;/h3-13H,1-2H3;2-7,9-10H,1H3;;/q3*-1;+3. The van der Waals surface area contributed by atoms with Crippen LogP contribution in [0.3, 0.4) is 0 Å². The van der Waals surface area contributed by atoms with Crippen LogP contribution < -0.4 is 0 Å². The van der Waals surface area contributed by atoms with E-state index in [0.717, 1.165) is 67.3 Å². The van der Waals surface area contributed by atoms with Crippen molar-refractivity contribution < 1.29 is 20.1 Å². The predicted octanol–water partition coefficient (Wildman–Crippen LogP) is 7.73. The number of aromatic nitrogens is 6. The summed E-state index contributed by atoms with van der Waals surface area (Å²) >= 11 is 0. The minimum absolute atomic E-state index is 0. The number of para-hydroxylation sites is 6. The van der Waals surface area contributed by atoms with Gasteiger partial charge in [0, 0.05) is 21.1 Å². The minimum Gasteiger partial charge on any atom is -0.512 e. The van der Waals surface area contributed by atoms with Crippen LogP contribution in [0.1, 0.15) is 0 Å². The van der Waals surface area contributed by atoms with E-state index in [9.17, 15) is 0 Å². The molecule has 0 aliphatic heterocycles. The molecule has 0 unspecified atom stereocenters. The average molecular weight is 763 g/mol. The Labute approximate surface area is 275 Å². The van der Waals surface area contributed by atoms with Crippen LogP contribution in [0.4, 0.5) is 0 Å². The van der Waals surface area contributed by atoms with Crippen molar-refractivity contribution in [1.82, 2.24) is 28.7 Å². The summed E-state index contributed by atoms with van der Waals surface area (Å²) in [5.41, 5.74) is 9.35. The quantitative estimate of drug-likeness (QED) is 0.173. The Morgan fingerprint density at radius 3 is 1.22 bits per heavy atom. The zero-order valence-electron chi connectivity index (χ0n) is 24.9. The summed E-state index contributed by atoms with van der Waals surface area (Å²) in [4.78, 5) is 14.2. The number of benzene rings is 5. The zero-order valence-corrected chi connectivity index (χ0v) is 27.3. The van der Waals surface area contributed by atoms with Gasteiger partial charge in [-0.05, 0) is 36.4 Å². The van der Waals surface area contributed by atoms with Crippen LogP contribution in [0, 0.1) is 24.0 Å². The second-order valence-electron chi connectivity index (χ2n) is 10.2. The van der Waals surface area contributed by atoms with Crippen molar-refractivity contribution in [3.05, 3.63) is 134 Å². The fraction of sp³-hybridized carbons (Fsp3) is 0.0811. The molecular formula is C37H28IrN7. The molecule has 0 saturated carbocycles. The Hall–Kier alpha value is -5.35. The van der Waals surface area contributed by atoms with Crippen molar-refractivity contribution >= 4 is 33.1 Å². The molecule has 8 aromatic rings. The Morgan fingerprint density at radius 2 is 0.844 bits per heavy atom. The van der Waals surface area contributed by atoms with Gasteiger partial charge in [0.05, 0.1) is 50.6 Å². The number of nitrogens with zero attached hydrogens (tertiary/aromatic N) is 7. The molecule has 3 aromatic heterocycles. The van der Waals surface area contributed by atoms with E-state index in [1.54, 1.807) is 0 Å². The van der Waals surface area contributed by atoms with E-state index in [2.05, 4.69) is 49.0 Å². The maximum atomic E-state index is 6.25. The Balaban J connectivity index is 0.000000182. The normalized spacial score (nSPS) is 10.5. The predicted molar refractivity (Wildman–Crippen MR) is 175 cm³/mol. The van der Waals surface area contributed by atoms with E-state index in [4.69, 9.17) is 21.8 Å². The number of aryl methyl sites for hydroxylation is 3. The molecular weight excluding hydrogens is 735 g/mol. The van der Waals surface area contributed by atoms with Gasteiger partial charge in [-0.1, -0.05) is 47.5 Å². The molecule has 0 atom stereocenters. The molecule has 8 heteroatoms. The van der Waals surface area contributed by atoms with Crippen molar-refractivity contribution in [2.24, 2.45) is 21.1 Å². The van der Waals surface area contributed by atoms with E-state index >= 15 is 0 Å². The van der Waals surface area contributed by atoms with Gasteiger partial charge in [-0.3, -0.25) is 15.0 Å². The number of hydrogen-bond donors (Lipinski definition) is 0. The van der Waals surface area contributed by atoms with E-state index in [-0.39, 0.29) is 20.1 Å². The summed E-state index contributed by atoms with van der Waals surface area (Å²) in [5.74, 6) is 2.78. The topological polar surface area (TPSA) is 77.2 Å². The first-order valence-electron chi connectivity index (χ1n) is 14.1.